The molecule has 4 rings (SSSR count). The molecule has 2 saturated heterocycles. The molecule has 2 fully saturated rings. The van der Waals surface area contributed by atoms with Gasteiger partial charge < -0.3 is 14.8 Å². The average molecular weight is 299 g/mol. The molecule has 0 bridgehead atoms. The largest absolute Gasteiger partial charge is 0.316 e. The molecule has 2 aromatic rings. The number of imidazole rings is 1. The van der Waals surface area contributed by atoms with Crippen LogP contribution in [0.2, 0.25) is 0 Å². The van der Waals surface area contributed by atoms with E-state index in [1.54, 1.807) is 0 Å². The second-order valence-corrected chi connectivity index (χ2v) is 6.96. The normalized spacial score (nSPS) is 26.2. The Morgan fingerprint density at radius 2 is 2.27 bits per heavy atom. The van der Waals surface area contributed by atoms with Crippen molar-refractivity contribution in [2.24, 2.45) is 11.8 Å². The molecule has 2 aliphatic rings. The first-order chi connectivity index (χ1) is 10.8. The zero-order chi connectivity index (χ0) is 14.9. The van der Waals surface area contributed by atoms with E-state index in [2.05, 4.69) is 32.9 Å². The van der Waals surface area contributed by atoms with Crippen molar-refractivity contribution in [1.82, 2.24) is 24.8 Å². The lowest BCUT2D eigenvalue weighted by Gasteiger charge is -2.15. The van der Waals surface area contributed by atoms with Crippen LogP contribution >= 0.6 is 0 Å². The highest BCUT2D eigenvalue weighted by Crippen LogP contribution is 2.23. The van der Waals surface area contributed by atoms with E-state index in [0.29, 0.717) is 0 Å². The quantitative estimate of drug-likeness (QED) is 0.930. The highest BCUT2D eigenvalue weighted by atomic mass is 15.2. The Balaban J connectivity index is 1.63. The van der Waals surface area contributed by atoms with Gasteiger partial charge in [0.25, 0.3) is 0 Å². The van der Waals surface area contributed by atoms with Crippen LogP contribution in [0.15, 0.2) is 18.3 Å². The van der Waals surface area contributed by atoms with E-state index >= 15 is 0 Å². The molecule has 0 radical (unpaired) electrons. The molecule has 2 unspecified atom stereocenters. The summed E-state index contributed by atoms with van der Waals surface area (Å²) in [6.07, 6.45) is 5.52. The summed E-state index contributed by atoms with van der Waals surface area (Å²) in [4.78, 5) is 11.9. The van der Waals surface area contributed by atoms with Gasteiger partial charge in [-0.05, 0) is 63.5 Å². The van der Waals surface area contributed by atoms with Gasteiger partial charge in [-0.3, -0.25) is 0 Å². The van der Waals surface area contributed by atoms with Crippen molar-refractivity contribution >= 4 is 11.2 Å². The van der Waals surface area contributed by atoms with E-state index in [1.165, 1.54) is 31.8 Å². The number of hydrogen-bond donors (Lipinski definition) is 1. The van der Waals surface area contributed by atoms with Crippen LogP contribution in [-0.4, -0.2) is 52.7 Å². The van der Waals surface area contributed by atoms with Crippen LogP contribution in [0, 0.1) is 11.8 Å². The summed E-state index contributed by atoms with van der Waals surface area (Å²) in [5.74, 6) is 2.68. The molecule has 1 N–H and O–H groups in total. The zero-order valence-corrected chi connectivity index (χ0v) is 13.3. The average Bonchev–Trinajstić information content (AvgIpc) is 3.23. The molecule has 0 aliphatic carbocycles. The van der Waals surface area contributed by atoms with Gasteiger partial charge in [-0.15, -0.1) is 0 Å². The third-order valence-corrected chi connectivity index (χ3v) is 5.15. The van der Waals surface area contributed by atoms with Crippen LogP contribution in [0.1, 0.15) is 18.7 Å². The second-order valence-electron chi connectivity index (χ2n) is 6.96. The van der Waals surface area contributed by atoms with E-state index in [4.69, 9.17) is 4.98 Å². The number of nitrogens with one attached hydrogen (secondary N) is 1. The molecule has 2 aromatic heterocycles. The van der Waals surface area contributed by atoms with Crippen molar-refractivity contribution in [1.29, 1.82) is 0 Å². The Hall–Kier alpha value is -1.46. The molecule has 5 nitrogen and oxygen atoms in total. The lowest BCUT2D eigenvalue weighted by Crippen LogP contribution is -2.19. The van der Waals surface area contributed by atoms with Gasteiger partial charge >= 0.3 is 0 Å². The van der Waals surface area contributed by atoms with Gasteiger partial charge in [-0.2, -0.15) is 0 Å². The minimum Gasteiger partial charge on any atom is -0.316 e. The van der Waals surface area contributed by atoms with Crippen molar-refractivity contribution in [3.05, 3.63) is 24.2 Å². The van der Waals surface area contributed by atoms with Crippen molar-refractivity contribution in [2.75, 3.05) is 33.2 Å². The Kier molecular flexibility index (Phi) is 3.84. The zero-order valence-electron chi connectivity index (χ0n) is 13.3. The third kappa shape index (κ3) is 2.75. The molecule has 0 aromatic carbocycles. The maximum atomic E-state index is 4.90. The predicted molar refractivity (Wildman–Crippen MR) is 87.8 cm³/mol. The molecular formula is C17H25N5. The number of likely N-dealkylation sites (tertiary alicyclic amines) is 1. The molecule has 118 valence electrons. The van der Waals surface area contributed by atoms with Crippen molar-refractivity contribution in [2.45, 2.75) is 25.8 Å². The lowest BCUT2D eigenvalue weighted by molar-refractivity contribution is 0.375. The van der Waals surface area contributed by atoms with E-state index < -0.39 is 0 Å². The van der Waals surface area contributed by atoms with Gasteiger partial charge in [0.2, 0.25) is 0 Å². The molecule has 5 heteroatoms. The Bertz CT molecular complexity index is 644. The standard InChI is InChI=1S/C17H25N5/c1-21-8-5-14(11-21)12-22-16(9-13-4-7-18-10-13)20-15-3-2-6-19-17(15)22/h2-3,6,13-14,18H,4-5,7-12H2,1H3. The number of aromatic nitrogens is 3. The summed E-state index contributed by atoms with van der Waals surface area (Å²) in [7, 11) is 2.22. The van der Waals surface area contributed by atoms with E-state index in [-0.39, 0.29) is 0 Å². The minimum absolute atomic E-state index is 0.724. The Labute approximate surface area is 131 Å². The summed E-state index contributed by atoms with van der Waals surface area (Å²) in [5.41, 5.74) is 2.12. The van der Waals surface area contributed by atoms with Crippen LogP contribution < -0.4 is 5.32 Å². The topological polar surface area (TPSA) is 46.0 Å². The molecule has 2 aliphatic heterocycles. The van der Waals surface area contributed by atoms with Crippen LogP contribution in [0.5, 0.6) is 0 Å². The summed E-state index contributed by atoms with van der Waals surface area (Å²) in [6, 6.07) is 4.08. The molecule has 0 amide bonds. The number of rotatable bonds is 4. The predicted octanol–water partition coefficient (Wildman–Crippen LogP) is 1.53. The molecule has 2 atom stereocenters. The maximum Gasteiger partial charge on any atom is 0.159 e. The van der Waals surface area contributed by atoms with Crippen LogP contribution in [0.3, 0.4) is 0 Å². The van der Waals surface area contributed by atoms with Gasteiger partial charge in [0, 0.05) is 25.7 Å². The summed E-state index contributed by atoms with van der Waals surface area (Å²) >= 11 is 0. The monoisotopic (exact) mass is 299 g/mol. The summed E-state index contributed by atoms with van der Waals surface area (Å²) in [5, 5.41) is 3.47. The third-order valence-electron chi connectivity index (χ3n) is 5.15. The Morgan fingerprint density at radius 1 is 1.32 bits per heavy atom. The Morgan fingerprint density at radius 3 is 3.05 bits per heavy atom. The number of hydrogen-bond acceptors (Lipinski definition) is 4. The second kappa shape index (κ2) is 5.97. The number of fused-ring (bicyclic) bond motifs is 1. The molecule has 0 saturated carbocycles. The minimum atomic E-state index is 0.724. The smallest absolute Gasteiger partial charge is 0.159 e. The first-order valence-electron chi connectivity index (χ1n) is 8.49. The van der Waals surface area contributed by atoms with E-state index in [0.717, 1.165) is 49.1 Å². The van der Waals surface area contributed by atoms with Crippen molar-refractivity contribution < 1.29 is 0 Å². The van der Waals surface area contributed by atoms with Gasteiger partial charge in [0.1, 0.15) is 11.3 Å². The fourth-order valence-corrected chi connectivity index (χ4v) is 3.93. The van der Waals surface area contributed by atoms with E-state index in [9.17, 15) is 0 Å². The first kappa shape index (κ1) is 14.2. The SMILES string of the molecule is CN1CCC(Cn2c(CC3CCNC3)nc3cccnc32)C1. The molecule has 0 spiro atoms. The molecule has 22 heavy (non-hydrogen) atoms. The van der Waals surface area contributed by atoms with Gasteiger partial charge in [0.05, 0.1) is 0 Å². The molecular weight excluding hydrogens is 274 g/mol. The van der Waals surface area contributed by atoms with Gasteiger partial charge in [-0.1, -0.05) is 0 Å². The van der Waals surface area contributed by atoms with E-state index in [1.807, 2.05) is 12.3 Å². The van der Waals surface area contributed by atoms with Crippen molar-refractivity contribution in [3.8, 4) is 0 Å². The van der Waals surface area contributed by atoms with Crippen LogP contribution in [-0.2, 0) is 13.0 Å². The van der Waals surface area contributed by atoms with Gasteiger partial charge in [0.15, 0.2) is 5.65 Å². The fraction of sp³-hybridized carbons (Fsp3) is 0.647. The van der Waals surface area contributed by atoms with Crippen LogP contribution in [0.4, 0.5) is 0 Å². The van der Waals surface area contributed by atoms with Gasteiger partial charge in [-0.25, -0.2) is 9.97 Å². The van der Waals surface area contributed by atoms with Crippen LogP contribution in [0.25, 0.3) is 11.2 Å². The highest BCUT2D eigenvalue weighted by molar-refractivity contribution is 5.71. The lowest BCUT2D eigenvalue weighted by atomic mass is 10.0. The number of pyridine rings is 1. The molecule has 4 heterocycles. The number of nitrogens with zero attached hydrogens (tertiary/aromatic N) is 4. The van der Waals surface area contributed by atoms with Crippen molar-refractivity contribution in [3.63, 3.8) is 0 Å². The summed E-state index contributed by atoms with van der Waals surface area (Å²) in [6.45, 7) is 5.75. The fourth-order valence-electron chi connectivity index (χ4n) is 3.93. The summed E-state index contributed by atoms with van der Waals surface area (Å²) < 4.78 is 2.40. The highest BCUT2D eigenvalue weighted by Gasteiger charge is 2.24. The maximum absolute atomic E-state index is 4.90. The first-order valence-corrected chi connectivity index (χ1v) is 8.49.